The maximum Gasteiger partial charge on any atom is 0.136 e. The van der Waals surface area contributed by atoms with Gasteiger partial charge < -0.3 is 4.42 Å². The third kappa shape index (κ3) is 4.09. The average Bonchev–Trinajstić information content (AvgIpc) is 3.62. The van der Waals surface area contributed by atoms with Crippen molar-refractivity contribution in [1.29, 1.82) is 0 Å². The molecular weight excluding hydrogens is 544 g/mol. The first kappa shape index (κ1) is 17.4. The van der Waals surface area contributed by atoms with Crippen LogP contribution in [0.25, 0.3) is 88.0 Å². The van der Waals surface area contributed by atoms with Gasteiger partial charge in [-0.15, -0.1) is 0 Å². The molecule has 1 heteroatoms. The maximum atomic E-state index is 9.67. The Bertz CT molecular complexity index is 3040. The Morgan fingerprint density at radius 2 is 1.02 bits per heavy atom. The summed E-state index contributed by atoms with van der Waals surface area (Å²) in [6.45, 7) is 0. The van der Waals surface area contributed by atoms with E-state index in [-0.39, 0.29) is 56.8 Å². The molecule has 9 rings (SSSR count). The SMILES string of the molecule is [2H]c1cc(-c2c(-c3c4ccccc4c(-c4cccc(-c5ccccc5)c4)c4ccccc34)c([2H])c([2H])c3oc4c([2H])c([2H])c([2H])c([2H])c4c23)c([2H])c([2H])c1[2H]. The minimum Gasteiger partial charge on any atom is -0.456 e. The molecule has 0 atom stereocenters. The molecule has 210 valence electrons. The van der Waals surface area contributed by atoms with E-state index in [1.807, 2.05) is 72.8 Å². The predicted molar refractivity (Wildman–Crippen MR) is 190 cm³/mol. The molecule has 1 nitrogen and oxygen atoms in total. The lowest BCUT2D eigenvalue weighted by Gasteiger charge is -2.20. The summed E-state index contributed by atoms with van der Waals surface area (Å²) in [7, 11) is 0. The van der Waals surface area contributed by atoms with E-state index in [1.54, 1.807) is 0 Å². The molecule has 0 aliphatic carbocycles. The summed E-state index contributed by atoms with van der Waals surface area (Å²) in [6.07, 6.45) is 0. The van der Waals surface area contributed by atoms with Crippen LogP contribution in [0.15, 0.2) is 174 Å². The number of benzene rings is 8. The average molecular weight is 583 g/mol. The summed E-state index contributed by atoms with van der Waals surface area (Å²) in [5.41, 5.74) is 4.43. The molecule has 1 heterocycles. The zero-order valence-electron chi connectivity index (χ0n) is 33.8. The van der Waals surface area contributed by atoms with Crippen LogP contribution in [-0.4, -0.2) is 0 Å². The number of hydrogen-bond donors (Lipinski definition) is 0. The van der Waals surface area contributed by atoms with Crippen molar-refractivity contribution >= 4 is 43.5 Å². The zero-order valence-corrected chi connectivity index (χ0v) is 23.8. The molecule has 0 amide bonds. The van der Waals surface area contributed by atoms with Gasteiger partial charge in [-0.2, -0.15) is 0 Å². The van der Waals surface area contributed by atoms with E-state index < -0.39 is 42.3 Å². The Hall–Kier alpha value is -5.92. The van der Waals surface area contributed by atoms with Crippen LogP contribution >= 0.6 is 0 Å². The molecule has 0 fully saturated rings. The third-order valence-corrected chi connectivity index (χ3v) is 8.39. The Morgan fingerprint density at radius 3 is 1.80 bits per heavy atom. The number of rotatable bonds is 4. The zero-order chi connectivity index (χ0) is 38.4. The van der Waals surface area contributed by atoms with Gasteiger partial charge in [0.25, 0.3) is 0 Å². The Balaban J connectivity index is 1.51. The van der Waals surface area contributed by atoms with Gasteiger partial charge in [0.05, 0.1) is 13.7 Å². The summed E-state index contributed by atoms with van der Waals surface area (Å²) in [5.74, 6) is 0. The minimum atomic E-state index is -0.526. The number of hydrogen-bond acceptors (Lipinski definition) is 1. The molecule has 0 aliphatic rings. The molecule has 0 saturated heterocycles. The van der Waals surface area contributed by atoms with E-state index in [1.165, 1.54) is 6.07 Å². The standard InChI is InChI=1S/C44H28O/c1-3-14-29(15-4-1)31-18-13-19-32(28-31)41-33-20-7-9-22-35(33)43(36-23-10-8-21-34(36)41)38-26-27-40-44(37-24-11-12-25-39(37)45-40)42(38)30-16-5-2-6-17-30/h1-28H/i2D,5D,6D,11D,12D,16D,24D,25D,26D,27D. The van der Waals surface area contributed by atoms with E-state index >= 15 is 0 Å². The van der Waals surface area contributed by atoms with Crippen LogP contribution in [0.4, 0.5) is 0 Å². The fourth-order valence-electron chi connectivity index (χ4n) is 6.52. The fourth-order valence-corrected chi connectivity index (χ4v) is 6.52. The second-order valence-electron chi connectivity index (χ2n) is 10.9. The number of para-hydroxylation sites is 1. The first-order valence-corrected chi connectivity index (χ1v) is 14.6. The molecule has 0 saturated carbocycles. The molecule has 0 spiro atoms. The lowest BCUT2D eigenvalue weighted by atomic mass is 9.82. The molecule has 1 aromatic heterocycles. The quantitative estimate of drug-likeness (QED) is 0.188. The monoisotopic (exact) mass is 582 g/mol. The van der Waals surface area contributed by atoms with E-state index in [0.29, 0.717) is 16.3 Å². The highest BCUT2D eigenvalue weighted by molar-refractivity contribution is 6.25. The van der Waals surface area contributed by atoms with Crippen LogP contribution in [0.1, 0.15) is 13.7 Å². The van der Waals surface area contributed by atoms with Gasteiger partial charge in [0.1, 0.15) is 11.2 Å². The van der Waals surface area contributed by atoms with Crippen LogP contribution in [0.3, 0.4) is 0 Å². The molecule has 8 aromatic carbocycles. The van der Waals surface area contributed by atoms with Gasteiger partial charge in [-0.1, -0.05) is 145 Å². The highest BCUT2D eigenvalue weighted by atomic mass is 16.3. The smallest absolute Gasteiger partial charge is 0.136 e. The number of fused-ring (bicyclic) bond motifs is 5. The van der Waals surface area contributed by atoms with Crippen molar-refractivity contribution in [3.63, 3.8) is 0 Å². The van der Waals surface area contributed by atoms with Crippen LogP contribution in [0, 0.1) is 0 Å². The van der Waals surface area contributed by atoms with Gasteiger partial charge in [-0.05, 0) is 84.7 Å². The first-order chi connectivity index (χ1) is 26.5. The molecular formula is C44H28O. The van der Waals surface area contributed by atoms with Crippen molar-refractivity contribution in [3.05, 3.63) is 170 Å². The van der Waals surface area contributed by atoms with Gasteiger partial charge in [-0.25, -0.2) is 0 Å². The van der Waals surface area contributed by atoms with Gasteiger partial charge in [-0.3, -0.25) is 0 Å². The fraction of sp³-hybridized carbons (Fsp3) is 0. The Labute approximate surface area is 275 Å². The summed E-state index contributed by atoms with van der Waals surface area (Å²) in [5, 5.41) is 3.13. The van der Waals surface area contributed by atoms with Crippen LogP contribution in [-0.2, 0) is 0 Å². The Kier molecular flexibility index (Phi) is 4.01. The lowest BCUT2D eigenvalue weighted by Crippen LogP contribution is -1.93. The first-order valence-electron chi connectivity index (χ1n) is 19.6. The van der Waals surface area contributed by atoms with E-state index in [2.05, 4.69) is 30.3 Å². The highest BCUT2D eigenvalue weighted by Crippen LogP contribution is 2.49. The summed E-state index contributed by atoms with van der Waals surface area (Å²) < 4.78 is 94.5. The Morgan fingerprint density at radius 1 is 0.378 bits per heavy atom. The molecule has 45 heavy (non-hydrogen) atoms. The highest BCUT2D eigenvalue weighted by Gasteiger charge is 2.22. The minimum absolute atomic E-state index is 0.00223. The van der Waals surface area contributed by atoms with Crippen molar-refractivity contribution in [3.8, 4) is 44.5 Å². The number of furan rings is 1. The lowest BCUT2D eigenvalue weighted by molar-refractivity contribution is 0.669. The summed E-state index contributed by atoms with van der Waals surface area (Å²) in [6, 6.07) is 30.8. The van der Waals surface area contributed by atoms with Gasteiger partial charge in [0, 0.05) is 16.3 Å². The molecule has 0 radical (unpaired) electrons. The van der Waals surface area contributed by atoms with Crippen molar-refractivity contribution in [2.45, 2.75) is 0 Å². The summed E-state index contributed by atoms with van der Waals surface area (Å²) >= 11 is 0. The van der Waals surface area contributed by atoms with Gasteiger partial charge in [0.2, 0.25) is 0 Å². The van der Waals surface area contributed by atoms with Crippen LogP contribution < -0.4 is 0 Å². The van der Waals surface area contributed by atoms with Crippen LogP contribution in [0.5, 0.6) is 0 Å². The second kappa shape index (κ2) is 10.4. The van der Waals surface area contributed by atoms with Gasteiger partial charge >= 0.3 is 0 Å². The molecule has 9 aromatic rings. The largest absolute Gasteiger partial charge is 0.456 e. The predicted octanol–water partition coefficient (Wildman–Crippen LogP) is 12.6. The van der Waals surface area contributed by atoms with E-state index in [9.17, 15) is 2.74 Å². The van der Waals surface area contributed by atoms with Crippen molar-refractivity contribution in [1.82, 2.24) is 0 Å². The van der Waals surface area contributed by atoms with Crippen molar-refractivity contribution < 1.29 is 18.1 Å². The second-order valence-corrected chi connectivity index (χ2v) is 10.9. The van der Waals surface area contributed by atoms with Crippen molar-refractivity contribution in [2.24, 2.45) is 0 Å². The van der Waals surface area contributed by atoms with E-state index in [0.717, 1.165) is 33.0 Å². The third-order valence-electron chi connectivity index (χ3n) is 8.39. The van der Waals surface area contributed by atoms with Crippen LogP contribution in [0.2, 0.25) is 0 Å². The normalized spacial score (nSPS) is 14.7. The molecule has 0 unspecified atom stereocenters. The maximum absolute atomic E-state index is 9.67. The molecule has 0 N–H and O–H groups in total. The van der Waals surface area contributed by atoms with Gasteiger partial charge in [0.15, 0.2) is 0 Å². The topological polar surface area (TPSA) is 13.1 Å². The van der Waals surface area contributed by atoms with Crippen molar-refractivity contribution in [2.75, 3.05) is 0 Å². The van der Waals surface area contributed by atoms with E-state index in [4.69, 9.17) is 15.4 Å². The molecule has 0 bridgehead atoms. The molecule has 0 aliphatic heterocycles. The summed E-state index contributed by atoms with van der Waals surface area (Å²) in [4.78, 5) is 0.